The highest BCUT2D eigenvalue weighted by atomic mass is 32.2. The van der Waals surface area contributed by atoms with Gasteiger partial charge in [0.2, 0.25) is 5.91 Å². The molecular weight excluding hydrogens is 454 g/mol. The fraction of sp³-hybridized carbons (Fsp3) is 0.269. The minimum absolute atomic E-state index is 0.0294. The first-order valence-corrected chi connectivity index (χ1v) is 12.7. The molecule has 0 heterocycles. The maximum absolute atomic E-state index is 12.3. The third-order valence-electron chi connectivity index (χ3n) is 5.14. The lowest BCUT2D eigenvalue weighted by Gasteiger charge is -2.13. The van der Waals surface area contributed by atoms with E-state index in [1.165, 1.54) is 5.56 Å². The summed E-state index contributed by atoms with van der Waals surface area (Å²) in [6.07, 6.45) is 0. The highest BCUT2D eigenvalue weighted by molar-refractivity contribution is 7.91. The Labute approximate surface area is 200 Å². The Bertz CT molecular complexity index is 1210. The van der Waals surface area contributed by atoms with Crippen LogP contribution in [-0.4, -0.2) is 45.4 Å². The van der Waals surface area contributed by atoms with E-state index in [9.17, 15) is 13.2 Å². The Morgan fingerprint density at radius 2 is 1.56 bits per heavy atom. The predicted octanol–water partition coefficient (Wildman–Crippen LogP) is 3.27. The van der Waals surface area contributed by atoms with E-state index in [1.54, 1.807) is 19.2 Å². The summed E-state index contributed by atoms with van der Waals surface area (Å²) in [5.74, 6) is -0.247. The molecule has 0 saturated carbocycles. The van der Waals surface area contributed by atoms with Gasteiger partial charge in [-0.15, -0.1) is 0 Å². The maximum Gasteiger partial charge on any atom is 0.235 e. The van der Waals surface area contributed by atoms with Crippen molar-refractivity contribution in [1.82, 2.24) is 5.32 Å². The van der Waals surface area contributed by atoms with Gasteiger partial charge in [-0.2, -0.15) is 0 Å². The van der Waals surface area contributed by atoms with Gasteiger partial charge in [-0.3, -0.25) is 4.79 Å². The van der Waals surface area contributed by atoms with Crippen LogP contribution in [-0.2, 0) is 27.0 Å². The topological polar surface area (TPSA) is 102 Å². The molecular formula is C26H29NO6S. The second kappa shape index (κ2) is 11.7. The van der Waals surface area contributed by atoms with Gasteiger partial charge in [0.1, 0.15) is 12.4 Å². The number of carbonyl (C=O) groups is 1. The van der Waals surface area contributed by atoms with Gasteiger partial charge in [-0.1, -0.05) is 60.2 Å². The highest BCUT2D eigenvalue weighted by Crippen LogP contribution is 2.33. The van der Waals surface area contributed by atoms with Gasteiger partial charge >= 0.3 is 0 Å². The van der Waals surface area contributed by atoms with Crippen molar-refractivity contribution >= 4 is 15.7 Å². The molecule has 0 spiro atoms. The van der Waals surface area contributed by atoms with Crippen molar-refractivity contribution in [2.24, 2.45) is 0 Å². The minimum Gasteiger partial charge on any atom is -0.493 e. The number of amides is 1. The number of carbonyl (C=O) groups excluding carboxylic acids is 1. The van der Waals surface area contributed by atoms with Gasteiger partial charge in [0.15, 0.2) is 21.3 Å². The van der Waals surface area contributed by atoms with Crippen molar-refractivity contribution in [3.8, 4) is 22.6 Å². The molecule has 3 aromatic carbocycles. The van der Waals surface area contributed by atoms with E-state index < -0.39 is 21.5 Å². The largest absolute Gasteiger partial charge is 0.493 e. The maximum atomic E-state index is 12.3. The zero-order valence-electron chi connectivity index (χ0n) is 19.3. The summed E-state index contributed by atoms with van der Waals surface area (Å²) in [5, 5.41) is 11.1. The van der Waals surface area contributed by atoms with E-state index >= 15 is 0 Å². The number of rotatable bonds is 11. The van der Waals surface area contributed by atoms with E-state index in [2.05, 4.69) is 5.32 Å². The zero-order valence-corrected chi connectivity index (χ0v) is 20.1. The van der Waals surface area contributed by atoms with Gasteiger partial charge in [-0.05, 0) is 41.3 Å². The minimum atomic E-state index is -3.62. The molecule has 0 radical (unpaired) electrons. The SMILES string of the molecule is COc1ccc(-c2ccc(CS(=O)(=O)CC(=O)NCCO)cc2)cc1OCc1ccc(C)cc1. The van der Waals surface area contributed by atoms with Crippen LogP contribution in [0.25, 0.3) is 11.1 Å². The molecule has 180 valence electrons. The van der Waals surface area contributed by atoms with Crippen molar-refractivity contribution in [2.75, 3.05) is 26.0 Å². The zero-order chi connectivity index (χ0) is 24.6. The molecule has 3 aromatic rings. The number of benzene rings is 3. The number of aliphatic hydroxyl groups excluding tert-OH is 1. The number of aryl methyl sites for hydroxylation is 1. The van der Waals surface area contributed by atoms with Crippen molar-refractivity contribution in [3.63, 3.8) is 0 Å². The average molecular weight is 484 g/mol. The molecule has 0 unspecified atom stereocenters. The summed E-state index contributed by atoms with van der Waals surface area (Å²) in [4.78, 5) is 11.7. The standard InChI is InChI=1S/C26H29NO6S/c1-19-3-5-20(6-4-19)16-33-25-15-23(11-12-24(25)32-2)22-9-7-21(8-10-22)17-34(30,31)18-26(29)27-13-14-28/h3-12,15,28H,13-14,16-18H2,1-2H3,(H,27,29). The Kier molecular flexibility index (Phi) is 8.67. The molecule has 3 rings (SSSR count). The molecule has 8 heteroatoms. The molecule has 0 fully saturated rings. The summed E-state index contributed by atoms with van der Waals surface area (Å²) in [6.45, 7) is 2.23. The second-order valence-corrected chi connectivity index (χ2v) is 10.0. The number of aliphatic hydroxyl groups is 1. The van der Waals surface area contributed by atoms with Crippen LogP contribution >= 0.6 is 0 Å². The number of nitrogens with one attached hydrogen (secondary N) is 1. The Morgan fingerprint density at radius 3 is 2.21 bits per heavy atom. The Balaban J connectivity index is 1.70. The van der Waals surface area contributed by atoms with Crippen LogP contribution in [0.5, 0.6) is 11.5 Å². The van der Waals surface area contributed by atoms with Crippen LogP contribution in [0.2, 0.25) is 0 Å². The molecule has 2 N–H and O–H groups in total. The number of hydrogen-bond acceptors (Lipinski definition) is 6. The lowest BCUT2D eigenvalue weighted by atomic mass is 10.0. The van der Waals surface area contributed by atoms with Gasteiger partial charge in [-0.25, -0.2) is 8.42 Å². The smallest absolute Gasteiger partial charge is 0.235 e. The molecule has 0 aliphatic heterocycles. The molecule has 0 aliphatic rings. The second-order valence-electron chi connectivity index (χ2n) is 7.94. The van der Waals surface area contributed by atoms with E-state index in [1.807, 2.05) is 61.5 Å². The van der Waals surface area contributed by atoms with Crippen LogP contribution in [0, 0.1) is 6.92 Å². The lowest BCUT2D eigenvalue weighted by molar-refractivity contribution is -0.118. The molecule has 0 bridgehead atoms. The van der Waals surface area contributed by atoms with E-state index in [4.69, 9.17) is 14.6 Å². The number of methoxy groups -OCH3 is 1. The normalized spacial score (nSPS) is 11.1. The van der Waals surface area contributed by atoms with Gasteiger partial charge in [0.25, 0.3) is 0 Å². The molecule has 0 atom stereocenters. The van der Waals surface area contributed by atoms with E-state index in [0.29, 0.717) is 23.7 Å². The van der Waals surface area contributed by atoms with E-state index in [0.717, 1.165) is 16.7 Å². The summed E-state index contributed by atoms with van der Waals surface area (Å²) < 4.78 is 36.0. The molecule has 7 nitrogen and oxygen atoms in total. The fourth-order valence-electron chi connectivity index (χ4n) is 3.36. The van der Waals surface area contributed by atoms with Crippen LogP contribution in [0.3, 0.4) is 0 Å². The monoisotopic (exact) mass is 483 g/mol. The third kappa shape index (κ3) is 7.33. The van der Waals surface area contributed by atoms with Crippen LogP contribution < -0.4 is 14.8 Å². The van der Waals surface area contributed by atoms with Crippen molar-refractivity contribution < 1.29 is 27.8 Å². The van der Waals surface area contributed by atoms with E-state index in [-0.39, 0.29) is 18.9 Å². The molecule has 0 aromatic heterocycles. The first-order valence-electron chi connectivity index (χ1n) is 10.8. The highest BCUT2D eigenvalue weighted by Gasteiger charge is 2.17. The fourth-order valence-corrected chi connectivity index (χ4v) is 4.66. The number of sulfone groups is 1. The predicted molar refractivity (Wildman–Crippen MR) is 132 cm³/mol. The number of hydrogen-bond donors (Lipinski definition) is 2. The quantitative estimate of drug-likeness (QED) is 0.434. The van der Waals surface area contributed by atoms with Gasteiger partial charge in [0.05, 0.1) is 19.5 Å². The third-order valence-corrected chi connectivity index (χ3v) is 6.61. The average Bonchev–Trinajstić information content (AvgIpc) is 2.82. The van der Waals surface area contributed by atoms with Crippen molar-refractivity contribution in [3.05, 3.63) is 83.4 Å². The first-order chi connectivity index (χ1) is 16.3. The van der Waals surface area contributed by atoms with Crippen molar-refractivity contribution in [1.29, 1.82) is 0 Å². The van der Waals surface area contributed by atoms with Gasteiger partial charge < -0.3 is 19.9 Å². The molecule has 0 aliphatic carbocycles. The van der Waals surface area contributed by atoms with Crippen LogP contribution in [0.15, 0.2) is 66.7 Å². The lowest BCUT2D eigenvalue weighted by Crippen LogP contribution is -2.32. The summed E-state index contributed by atoms with van der Waals surface area (Å²) in [5.41, 5.74) is 4.61. The van der Waals surface area contributed by atoms with Crippen LogP contribution in [0.4, 0.5) is 0 Å². The summed E-state index contributed by atoms with van der Waals surface area (Å²) in [6, 6.07) is 20.9. The van der Waals surface area contributed by atoms with Crippen molar-refractivity contribution in [2.45, 2.75) is 19.3 Å². The summed E-state index contributed by atoms with van der Waals surface area (Å²) in [7, 11) is -2.03. The molecule has 1 amide bonds. The molecule has 0 saturated heterocycles. The Hall–Kier alpha value is -3.36. The van der Waals surface area contributed by atoms with Gasteiger partial charge in [0, 0.05) is 6.54 Å². The molecule has 34 heavy (non-hydrogen) atoms. The number of ether oxygens (including phenoxy) is 2. The first kappa shape index (κ1) is 25.3. The summed E-state index contributed by atoms with van der Waals surface area (Å²) >= 11 is 0. The Morgan fingerprint density at radius 1 is 0.912 bits per heavy atom. The van der Waals surface area contributed by atoms with Crippen LogP contribution in [0.1, 0.15) is 16.7 Å².